The van der Waals surface area contributed by atoms with E-state index in [0.29, 0.717) is 0 Å². The Labute approximate surface area is 102 Å². The molecule has 0 unspecified atom stereocenters. The number of carboxylic acid groups (broad SMARTS) is 1. The molecule has 0 spiro atoms. The Morgan fingerprint density at radius 3 is 2.56 bits per heavy atom. The van der Waals surface area contributed by atoms with E-state index in [2.05, 4.69) is 9.72 Å². The van der Waals surface area contributed by atoms with Crippen molar-refractivity contribution >= 4 is 28.6 Å². The third-order valence-corrected chi connectivity index (χ3v) is 2.34. The molecule has 1 heterocycles. The molecule has 0 aromatic carbocycles. The highest BCUT2D eigenvalue weighted by molar-refractivity contribution is 14.1. The Bertz CT molecular complexity index is 433. The Balaban J connectivity index is 3.30. The molecule has 1 aromatic heterocycles. The molecule has 1 aromatic rings. The summed E-state index contributed by atoms with van der Waals surface area (Å²) in [4.78, 5) is 14.2. The van der Waals surface area contributed by atoms with Crippen LogP contribution in [0.5, 0.6) is 5.88 Å². The van der Waals surface area contributed by atoms with E-state index in [4.69, 9.17) is 5.11 Å². The van der Waals surface area contributed by atoms with E-state index in [1.165, 1.54) is 13.0 Å². The number of pyridine rings is 1. The third kappa shape index (κ3) is 3.22. The topological polar surface area (TPSA) is 59.4 Å². The Morgan fingerprint density at radius 1 is 1.56 bits per heavy atom. The summed E-state index contributed by atoms with van der Waals surface area (Å²) in [5.41, 5.74) is -0.350. The van der Waals surface area contributed by atoms with Gasteiger partial charge in [-0.2, -0.15) is 0 Å². The van der Waals surface area contributed by atoms with Crippen molar-refractivity contribution in [1.29, 1.82) is 0 Å². The highest BCUT2D eigenvalue weighted by Gasteiger charge is 2.34. The molecule has 0 radical (unpaired) electrons. The SMILES string of the molecule is Cc1cc(I)c(C(=O)O)c(OC(F)(F)F)n1. The van der Waals surface area contributed by atoms with Gasteiger partial charge in [0.05, 0.1) is 0 Å². The molecule has 1 rings (SSSR count). The van der Waals surface area contributed by atoms with Gasteiger partial charge in [0, 0.05) is 9.26 Å². The minimum Gasteiger partial charge on any atom is -0.477 e. The van der Waals surface area contributed by atoms with Crippen LogP contribution in [-0.4, -0.2) is 22.4 Å². The maximum Gasteiger partial charge on any atom is 0.574 e. The van der Waals surface area contributed by atoms with Gasteiger partial charge in [0.25, 0.3) is 0 Å². The van der Waals surface area contributed by atoms with Crippen LogP contribution in [0.4, 0.5) is 13.2 Å². The lowest BCUT2D eigenvalue weighted by Gasteiger charge is -2.11. The quantitative estimate of drug-likeness (QED) is 0.836. The van der Waals surface area contributed by atoms with Gasteiger partial charge in [0.1, 0.15) is 5.56 Å². The highest BCUT2D eigenvalue weighted by atomic mass is 127. The van der Waals surface area contributed by atoms with Crippen LogP contribution in [-0.2, 0) is 0 Å². The van der Waals surface area contributed by atoms with Crippen LogP contribution in [0.15, 0.2) is 6.07 Å². The second-order valence-electron chi connectivity index (χ2n) is 2.78. The molecule has 0 saturated carbocycles. The maximum atomic E-state index is 12.0. The van der Waals surface area contributed by atoms with Crippen LogP contribution in [0.1, 0.15) is 16.1 Å². The van der Waals surface area contributed by atoms with E-state index >= 15 is 0 Å². The van der Waals surface area contributed by atoms with Crippen LogP contribution >= 0.6 is 22.6 Å². The zero-order chi connectivity index (χ0) is 12.5. The number of aromatic carboxylic acids is 1. The van der Waals surface area contributed by atoms with Gasteiger partial charge in [-0.25, -0.2) is 9.78 Å². The van der Waals surface area contributed by atoms with Crippen LogP contribution in [0.2, 0.25) is 0 Å². The molecule has 4 nitrogen and oxygen atoms in total. The predicted molar refractivity (Wildman–Crippen MR) is 55.3 cm³/mol. The van der Waals surface area contributed by atoms with Crippen molar-refractivity contribution in [3.8, 4) is 5.88 Å². The number of rotatable bonds is 2. The summed E-state index contributed by atoms with van der Waals surface area (Å²) in [6, 6.07) is 1.35. The number of nitrogens with zero attached hydrogens (tertiary/aromatic N) is 1. The molecule has 0 bridgehead atoms. The smallest absolute Gasteiger partial charge is 0.477 e. The van der Waals surface area contributed by atoms with Gasteiger partial charge in [0.2, 0.25) is 5.88 Å². The van der Waals surface area contributed by atoms with Crippen molar-refractivity contribution in [3.05, 3.63) is 20.9 Å². The largest absolute Gasteiger partial charge is 0.574 e. The zero-order valence-corrected chi connectivity index (χ0v) is 9.96. The van der Waals surface area contributed by atoms with Gasteiger partial charge >= 0.3 is 12.3 Å². The lowest BCUT2D eigenvalue weighted by Crippen LogP contribution is -2.20. The van der Waals surface area contributed by atoms with E-state index in [1.54, 1.807) is 22.6 Å². The molecule has 1 N–H and O–H groups in total. The lowest BCUT2D eigenvalue weighted by molar-refractivity contribution is -0.276. The molecule has 0 amide bonds. The van der Waals surface area contributed by atoms with Crippen LogP contribution in [0, 0.1) is 10.5 Å². The zero-order valence-electron chi connectivity index (χ0n) is 7.80. The van der Waals surface area contributed by atoms with E-state index in [1.807, 2.05) is 0 Å². The molecular weight excluding hydrogens is 342 g/mol. The molecule has 0 atom stereocenters. The number of alkyl halides is 3. The standard InChI is InChI=1S/C8H5F3INO3/c1-3-2-4(12)5(7(14)15)6(13-3)16-8(9,10)11/h2H,1H3,(H,14,15). The van der Waals surface area contributed by atoms with Gasteiger partial charge in [-0.05, 0) is 35.6 Å². The minimum atomic E-state index is -4.96. The number of carboxylic acids is 1. The van der Waals surface area contributed by atoms with Gasteiger partial charge < -0.3 is 9.84 Å². The second-order valence-corrected chi connectivity index (χ2v) is 3.94. The Kier molecular flexibility index (Phi) is 3.61. The van der Waals surface area contributed by atoms with Crippen LogP contribution < -0.4 is 4.74 Å². The average Bonchev–Trinajstić information content (AvgIpc) is 1.96. The number of aromatic nitrogens is 1. The lowest BCUT2D eigenvalue weighted by atomic mass is 10.2. The van der Waals surface area contributed by atoms with Crippen LogP contribution in [0.25, 0.3) is 0 Å². The number of hydrogen-bond acceptors (Lipinski definition) is 3. The van der Waals surface area contributed by atoms with Crippen molar-refractivity contribution in [3.63, 3.8) is 0 Å². The summed E-state index contributed by atoms with van der Waals surface area (Å²) >= 11 is 1.61. The number of ether oxygens (including phenoxy) is 1. The fraction of sp³-hybridized carbons (Fsp3) is 0.250. The maximum absolute atomic E-state index is 12.0. The fourth-order valence-electron chi connectivity index (χ4n) is 0.983. The molecule has 0 aliphatic rings. The Hall–Kier alpha value is -1.06. The molecule has 16 heavy (non-hydrogen) atoms. The monoisotopic (exact) mass is 347 g/mol. The Morgan fingerprint density at radius 2 is 2.12 bits per heavy atom. The van der Waals surface area contributed by atoms with E-state index in [-0.39, 0.29) is 9.26 Å². The molecule has 0 aliphatic carbocycles. The number of carbonyl (C=O) groups is 1. The van der Waals surface area contributed by atoms with E-state index in [0.717, 1.165) is 0 Å². The van der Waals surface area contributed by atoms with Crippen molar-refractivity contribution in [2.45, 2.75) is 13.3 Å². The normalized spacial score (nSPS) is 11.3. The van der Waals surface area contributed by atoms with Gasteiger partial charge in [-0.1, -0.05) is 0 Å². The summed E-state index contributed by atoms with van der Waals surface area (Å²) in [6.45, 7) is 1.44. The summed E-state index contributed by atoms with van der Waals surface area (Å²) in [7, 11) is 0. The van der Waals surface area contributed by atoms with Gasteiger partial charge in [-0.15, -0.1) is 13.2 Å². The first-order valence-electron chi connectivity index (χ1n) is 3.87. The minimum absolute atomic E-state index is 0.136. The van der Waals surface area contributed by atoms with E-state index in [9.17, 15) is 18.0 Å². The van der Waals surface area contributed by atoms with Gasteiger partial charge in [0.15, 0.2) is 0 Å². The van der Waals surface area contributed by atoms with Crippen molar-refractivity contribution in [1.82, 2.24) is 4.98 Å². The first kappa shape index (κ1) is 13.0. The molecule has 88 valence electrons. The summed E-state index contributed by atoms with van der Waals surface area (Å²) < 4.78 is 39.7. The number of hydrogen-bond donors (Lipinski definition) is 1. The number of halogens is 4. The van der Waals surface area contributed by atoms with Crippen molar-refractivity contribution in [2.24, 2.45) is 0 Å². The fourth-order valence-corrected chi connectivity index (χ4v) is 1.90. The van der Waals surface area contributed by atoms with Crippen LogP contribution in [0.3, 0.4) is 0 Å². The summed E-state index contributed by atoms with van der Waals surface area (Å²) in [5, 5.41) is 8.74. The van der Waals surface area contributed by atoms with Gasteiger partial charge in [-0.3, -0.25) is 0 Å². The van der Waals surface area contributed by atoms with Crippen molar-refractivity contribution < 1.29 is 27.8 Å². The predicted octanol–water partition coefficient (Wildman–Crippen LogP) is 2.59. The summed E-state index contributed by atoms with van der Waals surface area (Å²) in [6.07, 6.45) is -4.96. The summed E-state index contributed by atoms with van der Waals surface area (Å²) in [5.74, 6) is -2.46. The molecule has 0 saturated heterocycles. The average molecular weight is 347 g/mol. The molecule has 0 fully saturated rings. The van der Waals surface area contributed by atoms with Crippen molar-refractivity contribution in [2.75, 3.05) is 0 Å². The molecular formula is C8H5F3INO3. The van der Waals surface area contributed by atoms with E-state index < -0.39 is 23.8 Å². The number of aryl methyl sites for hydroxylation is 1. The molecule has 0 aliphatic heterocycles. The second kappa shape index (κ2) is 4.44. The molecule has 8 heteroatoms. The first-order valence-corrected chi connectivity index (χ1v) is 4.95. The first-order chi connectivity index (χ1) is 7.20. The third-order valence-electron chi connectivity index (χ3n) is 1.49. The highest BCUT2D eigenvalue weighted by Crippen LogP contribution is 2.28.